The number of aromatic hydroxyl groups is 1. The van der Waals surface area contributed by atoms with E-state index >= 15 is 0 Å². The van der Waals surface area contributed by atoms with Gasteiger partial charge in [0.2, 0.25) is 0 Å². The molecule has 3 saturated heterocycles. The van der Waals surface area contributed by atoms with Crippen molar-refractivity contribution in [3.05, 3.63) is 205 Å². The molecule has 3 aliphatic heterocycles. The van der Waals surface area contributed by atoms with Crippen LogP contribution < -0.4 is 21.7 Å². The van der Waals surface area contributed by atoms with Gasteiger partial charge in [-0.3, -0.25) is 24.9 Å². The van der Waals surface area contributed by atoms with E-state index in [0.717, 1.165) is 138 Å². The monoisotopic (exact) mass is 1360 g/mol. The molecular weight excluding hydrogens is 1280 g/mol. The van der Waals surface area contributed by atoms with Crippen LogP contribution in [-0.4, -0.2) is 115 Å². The predicted molar refractivity (Wildman–Crippen MR) is 393 cm³/mol. The van der Waals surface area contributed by atoms with Crippen LogP contribution in [0.1, 0.15) is 81.1 Å². The van der Waals surface area contributed by atoms with Gasteiger partial charge in [0, 0.05) is 95.8 Å². The Hall–Kier alpha value is -12.6. The third-order valence-electron chi connectivity index (χ3n) is 19.0. The Kier molecular flexibility index (Phi) is 19.0. The van der Waals surface area contributed by atoms with Crippen molar-refractivity contribution in [3.8, 4) is 126 Å². The number of nitriles is 3. The molecule has 10 aromatic heterocycles. The summed E-state index contributed by atoms with van der Waals surface area (Å²) in [6.45, 7) is 8.50. The molecule has 13 aromatic rings. The summed E-state index contributed by atoms with van der Waals surface area (Å²) in [5, 5.41) is 72.2. The Morgan fingerprint density at radius 1 is 0.451 bits per heavy atom. The van der Waals surface area contributed by atoms with E-state index in [4.69, 9.17) is 34.3 Å². The van der Waals surface area contributed by atoms with Crippen LogP contribution in [0.3, 0.4) is 0 Å². The second-order valence-corrected chi connectivity index (χ2v) is 25.4. The molecule has 0 atom stereocenters. The maximum Gasteiger partial charge on any atom is 0.189 e. The molecule has 25 heteroatoms. The number of aliphatic hydroxyl groups excluding tert-OH is 1. The Morgan fingerprint density at radius 2 is 0.833 bits per heavy atom. The predicted octanol–water partition coefficient (Wildman–Crippen LogP) is 13.4. The van der Waals surface area contributed by atoms with Crippen LogP contribution in [0.5, 0.6) is 5.75 Å². The van der Waals surface area contributed by atoms with E-state index in [1.54, 1.807) is 61.4 Å². The van der Waals surface area contributed by atoms with E-state index in [1.807, 2.05) is 123 Å². The first-order valence-corrected chi connectivity index (χ1v) is 33.4. The molecule has 0 spiro atoms. The molecular formula is C77H80N20O5. The molecule has 8 N–H and O–H groups in total. The summed E-state index contributed by atoms with van der Waals surface area (Å²) < 4.78 is 16.8. The number of piperidine rings is 3. The molecule has 13 heterocycles. The normalized spacial score (nSPS) is 15.1. The van der Waals surface area contributed by atoms with E-state index in [0.29, 0.717) is 87.1 Å². The number of rotatable bonds is 13. The van der Waals surface area contributed by atoms with Crippen molar-refractivity contribution in [2.24, 2.45) is 0 Å². The first-order valence-electron chi connectivity index (χ1n) is 33.4. The van der Waals surface area contributed by atoms with Crippen molar-refractivity contribution in [1.82, 2.24) is 81.3 Å². The van der Waals surface area contributed by atoms with Crippen LogP contribution in [0.4, 0.5) is 5.82 Å². The minimum atomic E-state index is -0.605. The molecule has 3 aromatic carbocycles. The molecule has 0 unspecified atom stereocenters. The number of nitrogen functional groups attached to an aromatic ring is 1. The number of phenolic OH excluding ortho intramolecular Hbond substituents is 1. The standard InChI is InChI=1S/C26H22N8O.C26H24N6O2.C25H22N6O2.6H2/c27-15-26(5-9-29-10-6-26)23-12-18(4-8-31-23)21-14-32-25(28)24(33-21)22-13-20(34-35-22)16-1-2-19-17(11-16)3-7-30-19;1-17-25(23-13-21(32-34-23)19-4-2-18(15-33)3-5-19)31-22(14-30-17)20-6-9-29-24(12-20)26(16-27)7-10-28-11-8-26;1-16-24(22-13-20(31-33-22)17-2-4-19(32)5-3-17)30-21(14-29-16)18-6-9-28-23(12-18)25(15-26)7-10-27-11-8-25;;;;;;/h1-4,7-8,11-14,29-30H,5-6,9-10H2,(H2,28,32);2-6,9,12-14,28,33H,7-8,10-11,15H2,1H3;2-6,9,12-14,27,32H,7-8,10-11H2,1H3;6*1H. The number of aliphatic hydroxyl groups is 1. The first kappa shape index (κ1) is 66.7. The number of H-pyrrole nitrogens is 1. The average Bonchev–Trinajstić information content (AvgIpc) is 1.13. The van der Waals surface area contributed by atoms with Gasteiger partial charge in [-0.25, -0.2) is 19.9 Å². The highest BCUT2D eigenvalue weighted by Crippen LogP contribution is 2.39. The number of nitrogens with one attached hydrogen (secondary N) is 4. The third kappa shape index (κ3) is 13.8. The van der Waals surface area contributed by atoms with Crippen LogP contribution in [0.2, 0.25) is 0 Å². The van der Waals surface area contributed by atoms with Gasteiger partial charge in [-0.1, -0.05) is 45.8 Å². The van der Waals surface area contributed by atoms with E-state index in [2.05, 4.69) is 84.5 Å². The second kappa shape index (κ2) is 29.1. The number of fused-ring (bicyclic) bond motifs is 1. The number of pyridine rings is 3. The summed E-state index contributed by atoms with van der Waals surface area (Å²) in [6, 6.07) is 46.7. The van der Waals surface area contributed by atoms with Crippen molar-refractivity contribution >= 4 is 16.7 Å². The molecule has 518 valence electrons. The fourth-order valence-electron chi connectivity index (χ4n) is 12.9. The minimum absolute atomic E-state index is 0. The van der Waals surface area contributed by atoms with Gasteiger partial charge in [-0.2, -0.15) is 15.8 Å². The minimum Gasteiger partial charge on any atom is -0.508 e. The molecule has 0 aliphatic carbocycles. The molecule has 25 nitrogen and oxygen atoms in total. The molecule has 3 aliphatic rings. The van der Waals surface area contributed by atoms with Crippen molar-refractivity contribution in [2.45, 2.75) is 75.2 Å². The van der Waals surface area contributed by atoms with Crippen LogP contribution >= 0.6 is 0 Å². The van der Waals surface area contributed by atoms with E-state index in [1.165, 1.54) is 0 Å². The summed E-state index contributed by atoms with van der Waals surface area (Å²) in [5.41, 5.74) is 20.7. The number of aromatic amines is 1. The van der Waals surface area contributed by atoms with Gasteiger partial charge in [0.1, 0.15) is 50.5 Å². The van der Waals surface area contributed by atoms with Crippen molar-refractivity contribution in [2.75, 3.05) is 45.0 Å². The van der Waals surface area contributed by atoms with Gasteiger partial charge in [0.05, 0.1) is 89.0 Å². The number of anilines is 1. The SMILES string of the molecule is Cc1ncc(-c2ccnc(C3(C#N)CCNCC3)c2)nc1-c1cc(-c2ccc(CO)cc2)no1.Cc1ncc(-c2ccnc(C3(C#N)CCNCC3)c2)nc1-c1cc(-c2ccc(O)cc2)no1.N#CC1(c2cc(-c3cnc(N)c(-c4cc(-c5ccc6[nH]ccc6c5)no4)n3)ccn2)CCNCC1.[HH].[HH].[HH].[HH].[HH].[HH]. The van der Waals surface area contributed by atoms with Crippen LogP contribution in [0.15, 0.2) is 184 Å². The van der Waals surface area contributed by atoms with E-state index in [-0.39, 0.29) is 26.7 Å². The van der Waals surface area contributed by atoms with Gasteiger partial charge >= 0.3 is 0 Å². The smallest absolute Gasteiger partial charge is 0.189 e. The first-order chi connectivity index (χ1) is 49.8. The summed E-state index contributed by atoms with van der Waals surface area (Å²) in [4.78, 5) is 44.6. The van der Waals surface area contributed by atoms with Crippen molar-refractivity contribution < 1.29 is 32.3 Å². The Morgan fingerprint density at radius 3 is 1.26 bits per heavy atom. The highest BCUT2D eigenvalue weighted by atomic mass is 16.5. The zero-order chi connectivity index (χ0) is 70.2. The summed E-state index contributed by atoms with van der Waals surface area (Å²) in [5.74, 6) is 1.90. The zero-order valence-electron chi connectivity index (χ0n) is 55.8. The molecule has 102 heavy (non-hydrogen) atoms. The maximum absolute atomic E-state index is 9.94. The van der Waals surface area contributed by atoms with Crippen LogP contribution in [-0.2, 0) is 22.9 Å². The highest BCUT2D eigenvalue weighted by Gasteiger charge is 2.38. The lowest BCUT2D eigenvalue weighted by atomic mass is 9.77. The topological polar surface area (TPSA) is 384 Å². The number of benzene rings is 3. The average molecular weight is 1370 g/mol. The van der Waals surface area contributed by atoms with E-state index in [9.17, 15) is 26.0 Å². The maximum atomic E-state index is 9.94. The Balaban J connectivity index is 0.000000199. The zero-order valence-corrected chi connectivity index (χ0v) is 55.8. The molecule has 0 amide bonds. The molecule has 0 saturated carbocycles. The molecule has 0 radical (unpaired) electrons. The van der Waals surface area contributed by atoms with Gasteiger partial charge in [0.25, 0.3) is 0 Å². The molecule has 3 fully saturated rings. The number of phenols is 1. The third-order valence-corrected chi connectivity index (χ3v) is 19.0. The number of nitrogens with zero attached hydrogens (tertiary/aromatic N) is 15. The largest absolute Gasteiger partial charge is 0.508 e. The summed E-state index contributed by atoms with van der Waals surface area (Å²) in [6.07, 6.45) is 16.5. The fraction of sp³-hybridized carbons (Fsp3) is 0.234. The lowest BCUT2D eigenvalue weighted by Crippen LogP contribution is -2.39. The number of hydrogen-bond donors (Lipinski definition) is 7. The quantitative estimate of drug-likeness (QED) is 0.0564. The van der Waals surface area contributed by atoms with Gasteiger partial charge in [-0.05, 0) is 176 Å². The van der Waals surface area contributed by atoms with Crippen LogP contribution in [0, 0.1) is 47.8 Å². The number of aryl methyl sites for hydroxylation is 2. The van der Waals surface area contributed by atoms with Crippen LogP contribution in [0.25, 0.3) is 113 Å². The molecule has 16 rings (SSSR count). The van der Waals surface area contributed by atoms with Gasteiger partial charge < -0.3 is 50.5 Å². The van der Waals surface area contributed by atoms with E-state index < -0.39 is 16.2 Å². The Labute approximate surface area is 594 Å². The summed E-state index contributed by atoms with van der Waals surface area (Å²) in [7, 11) is 0. The number of hydrogen-bond acceptors (Lipinski definition) is 24. The fourth-order valence-corrected chi connectivity index (χ4v) is 12.9. The van der Waals surface area contributed by atoms with Crippen molar-refractivity contribution in [3.63, 3.8) is 0 Å². The lowest BCUT2D eigenvalue weighted by Gasteiger charge is -2.30. The highest BCUT2D eigenvalue weighted by molar-refractivity contribution is 5.85. The second-order valence-electron chi connectivity index (χ2n) is 25.4. The van der Waals surface area contributed by atoms with Gasteiger partial charge in [0.15, 0.2) is 28.8 Å². The summed E-state index contributed by atoms with van der Waals surface area (Å²) >= 11 is 0. The van der Waals surface area contributed by atoms with Gasteiger partial charge in [-0.15, -0.1) is 0 Å². The number of aromatic nitrogens is 13. The Bertz CT molecular complexity index is 5330. The van der Waals surface area contributed by atoms with Crippen molar-refractivity contribution in [1.29, 1.82) is 15.8 Å². The number of nitrogens with two attached hydrogens (primary N) is 1. The molecule has 0 bridgehead atoms. The lowest BCUT2D eigenvalue weighted by molar-refractivity contribution is 0.282.